The number of aliphatic hydroxyl groups is 2. The van der Waals surface area contributed by atoms with Crippen LogP contribution in [0, 0.1) is 0 Å². The fourth-order valence-electron chi connectivity index (χ4n) is 8.64. The van der Waals surface area contributed by atoms with Crippen LogP contribution in [-0.4, -0.2) is 46.9 Å². The van der Waals surface area contributed by atoms with Crippen molar-refractivity contribution in [3.05, 3.63) is 60.8 Å². The van der Waals surface area contributed by atoms with Crippen LogP contribution >= 0.6 is 0 Å². The highest BCUT2D eigenvalue weighted by Crippen LogP contribution is 2.18. The zero-order chi connectivity index (χ0) is 48.1. The third kappa shape index (κ3) is 48.0. The van der Waals surface area contributed by atoms with E-state index in [9.17, 15) is 19.8 Å². The average Bonchev–Trinajstić information content (AvgIpc) is 3.31. The molecular formula is C60H109NO5. The molecule has 0 aliphatic rings. The number of unbranched alkanes of at least 4 members (excludes halogenated alkanes) is 33. The van der Waals surface area contributed by atoms with E-state index in [1.165, 1.54) is 167 Å². The van der Waals surface area contributed by atoms with Crippen LogP contribution < -0.4 is 5.32 Å². The number of aliphatic hydroxyl groups excluding tert-OH is 2. The van der Waals surface area contributed by atoms with Crippen molar-refractivity contribution in [1.29, 1.82) is 0 Å². The maximum atomic E-state index is 13.3. The number of hydrogen-bond acceptors (Lipinski definition) is 5. The third-order valence-electron chi connectivity index (χ3n) is 13.0. The normalized spacial score (nSPS) is 13.6. The summed E-state index contributed by atoms with van der Waals surface area (Å²) in [4.78, 5) is 26.3. The summed E-state index contributed by atoms with van der Waals surface area (Å²) in [5.41, 5.74) is 0. The molecule has 0 heterocycles. The van der Waals surface area contributed by atoms with Gasteiger partial charge in [0.15, 0.2) is 0 Å². The number of hydrogen-bond donors (Lipinski definition) is 3. The summed E-state index contributed by atoms with van der Waals surface area (Å²) in [6.07, 6.45) is 67.1. The molecule has 0 bridgehead atoms. The van der Waals surface area contributed by atoms with Gasteiger partial charge in [0.25, 0.3) is 0 Å². The van der Waals surface area contributed by atoms with E-state index in [0.717, 1.165) is 70.6 Å². The van der Waals surface area contributed by atoms with Crippen LogP contribution in [0.3, 0.4) is 0 Å². The van der Waals surface area contributed by atoms with Gasteiger partial charge in [-0.25, -0.2) is 0 Å². The van der Waals surface area contributed by atoms with Gasteiger partial charge in [-0.05, 0) is 44.9 Å². The van der Waals surface area contributed by atoms with E-state index in [-0.39, 0.29) is 24.9 Å². The summed E-state index contributed by atoms with van der Waals surface area (Å²) in [5.74, 6) is -0.505. The van der Waals surface area contributed by atoms with Gasteiger partial charge in [0.2, 0.25) is 5.91 Å². The first-order valence-electron chi connectivity index (χ1n) is 28.6. The molecule has 0 aliphatic heterocycles. The molecule has 0 rings (SSSR count). The van der Waals surface area contributed by atoms with Crippen LogP contribution in [0.15, 0.2) is 60.8 Å². The monoisotopic (exact) mass is 924 g/mol. The predicted molar refractivity (Wildman–Crippen MR) is 287 cm³/mol. The molecule has 3 unspecified atom stereocenters. The summed E-state index contributed by atoms with van der Waals surface area (Å²) in [6, 6.07) is -0.716. The SMILES string of the molecule is CCC/C=C/C=C/C=C/C=C/C=C/CCCCCC(CC(=O)NC(CO)C(O)CCCCCCCCCCCCCCCC)OC(=O)CCCCCCCCCCCCCCCCCCC. The second-order valence-corrected chi connectivity index (χ2v) is 19.5. The minimum Gasteiger partial charge on any atom is -0.462 e. The van der Waals surface area contributed by atoms with Crippen LogP contribution in [0.2, 0.25) is 0 Å². The number of carbonyl (C=O) groups is 2. The van der Waals surface area contributed by atoms with Crippen LogP contribution in [0.4, 0.5) is 0 Å². The Labute approximate surface area is 409 Å². The van der Waals surface area contributed by atoms with Crippen molar-refractivity contribution in [3.8, 4) is 0 Å². The Balaban J connectivity index is 4.62. The molecule has 0 aromatic heterocycles. The maximum Gasteiger partial charge on any atom is 0.306 e. The van der Waals surface area contributed by atoms with Crippen LogP contribution in [0.25, 0.3) is 0 Å². The molecule has 0 radical (unpaired) electrons. The van der Waals surface area contributed by atoms with Gasteiger partial charge in [-0.3, -0.25) is 9.59 Å². The highest BCUT2D eigenvalue weighted by molar-refractivity contribution is 5.77. The first-order valence-corrected chi connectivity index (χ1v) is 28.6. The Kier molecular flexibility index (Phi) is 51.5. The number of nitrogens with one attached hydrogen (secondary N) is 1. The Morgan fingerprint density at radius 1 is 0.439 bits per heavy atom. The lowest BCUT2D eigenvalue weighted by atomic mass is 10.0. The number of esters is 1. The van der Waals surface area contributed by atoms with Crippen molar-refractivity contribution < 1.29 is 24.5 Å². The fourth-order valence-corrected chi connectivity index (χ4v) is 8.64. The Morgan fingerprint density at radius 3 is 1.23 bits per heavy atom. The molecule has 6 heteroatoms. The van der Waals surface area contributed by atoms with E-state index in [1.807, 2.05) is 30.4 Å². The Morgan fingerprint density at radius 2 is 0.803 bits per heavy atom. The largest absolute Gasteiger partial charge is 0.462 e. The molecular weight excluding hydrogens is 815 g/mol. The highest BCUT2D eigenvalue weighted by Gasteiger charge is 2.24. The van der Waals surface area contributed by atoms with E-state index >= 15 is 0 Å². The van der Waals surface area contributed by atoms with Gasteiger partial charge in [0, 0.05) is 6.42 Å². The van der Waals surface area contributed by atoms with Gasteiger partial charge >= 0.3 is 5.97 Å². The van der Waals surface area contributed by atoms with Gasteiger partial charge in [-0.15, -0.1) is 0 Å². The van der Waals surface area contributed by atoms with Crippen LogP contribution in [-0.2, 0) is 14.3 Å². The van der Waals surface area contributed by atoms with Gasteiger partial charge in [-0.1, -0.05) is 287 Å². The van der Waals surface area contributed by atoms with Gasteiger partial charge < -0.3 is 20.3 Å². The number of carbonyl (C=O) groups excluding carboxylic acids is 2. The lowest BCUT2D eigenvalue weighted by Gasteiger charge is -2.24. The molecule has 0 aliphatic carbocycles. The third-order valence-corrected chi connectivity index (χ3v) is 13.0. The summed E-state index contributed by atoms with van der Waals surface area (Å²) in [5, 5.41) is 23.9. The van der Waals surface area contributed by atoms with Crippen LogP contribution in [0.5, 0.6) is 0 Å². The van der Waals surface area contributed by atoms with Gasteiger partial charge in [0.05, 0.1) is 25.2 Å². The molecule has 3 atom stereocenters. The van der Waals surface area contributed by atoms with Crippen LogP contribution in [0.1, 0.15) is 284 Å². The Hall–Kier alpha value is -2.44. The van der Waals surface area contributed by atoms with E-state index < -0.39 is 18.2 Å². The zero-order valence-corrected chi connectivity index (χ0v) is 43.8. The minimum atomic E-state index is -0.800. The van der Waals surface area contributed by atoms with Crippen molar-refractivity contribution in [2.45, 2.75) is 302 Å². The lowest BCUT2D eigenvalue weighted by molar-refractivity contribution is -0.151. The second kappa shape index (κ2) is 53.5. The van der Waals surface area contributed by atoms with Crippen molar-refractivity contribution in [3.63, 3.8) is 0 Å². The van der Waals surface area contributed by atoms with E-state index in [2.05, 4.69) is 56.5 Å². The van der Waals surface area contributed by atoms with E-state index in [0.29, 0.717) is 19.3 Å². The van der Waals surface area contributed by atoms with Gasteiger partial charge in [0.1, 0.15) is 6.10 Å². The summed E-state index contributed by atoms with van der Waals surface area (Å²) < 4.78 is 5.94. The summed E-state index contributed by atoms with van der Waals surface area (Å²) in [6.45, 7) is 6.41. The first-order chi connectivity index (χ1) is 32.5. The fraction of sp³-hybridized carbons (Fsp3) is 0.800. The van der Waals surface area contributed by atoms with Crippen molar-refractivity contribution in [2.24, 2.45) is 0 Å². The number of allylic oxidation sites excluding steroid dienone is 10. The quantitative estimate of drug-likeness (QED) is 0.0321. The molecule has 384 valence electrons. The molecule has 0 saturated carbocycles. The standard InChI is InChI=1S/C60H109NO5/c1-4-7-10-13-16-19-22-25-28-30-32-35-38-41-44-47-50-53-60(65)66-56(51-48-45-42-39-36-33-31-29-26-23-20-17-14-11-8-5-2)54-59(64)61-57(55-62)58(63)52-49-46-43-40-37-34-27-24-21-18-15-12-9-6-3/h11,14,17,20,23,26,29,31,33,36,56-58,62-63H,4-10,12-13,15-16,18-19,21-22,24-25,27-28,30,32,34-35,37-55H2,1-3H3,(H,61,64)/b14-11+,20-17+,26-23+,31-29+,36-33+. The lowest BCUT2D eigenvalue weighted by Crippen LogP contribution is -2.46. The molecule has 0 fully saturated rings. The molecule has 0 aromatic rings. The summed E-state index contributed by atoms with van der Waals surface area (Å²) in [7, 11) is 0. The molecule has 1 amide bonds. The smallest absolute Gasteiger partial charge is 0.306 e. The molecule has 0 spiro atoms. The van der Waals surface area contributed by atoms with Crippen molar-refractivity contribution in [2.75, 3.05) is 6.61 Å². The minimum absolute atomic E-state index is 0.0509. The van der Waals surface area contributed by atoms with E-state index in [4.69, 9.17) is 4.74 Å². The maximum absolute atomic E-state index is 13.3. The molecule has 6 nitrogen and oxygen atoms in total. The zero-order valence-electron chi connectivity index (χ0n) is 43.8. The predicted octanol–water partition coefficient (Wildman–Crippen LogP) is 17.6. The second-order valence-electron chi connectivity index (χ2n) is 19.5. The highest BCUT2D eigenvalue weighted by atomic mass is 16.5. The molecule has 0 saturated heterocycles. The van der Waals surface area contributed by atoms with Gasteiger partial charge in [-0.2, -0.15) is 0 Å². The number of amides is 1. The summed E-state index contributed by atoms with van der Waals surface area (Å²) >= 11 is 0. The van der Waals surface area contributed by atoms with E-state index in [1.54, 1.807) is 0 Å². The number of ether oxygens (including phenoxy) is 1. The number of rotatable bonds is 51. The average molecular weight is 925 g/mol. The molecule has 0 aromatic carbocycles. The first kappa shape index (κ1) is 63.6. The molecule has 66 heavy (non-hydrogen) atoms. The Bertz CT molecular complexity index is 1170. The van der Waals surface area contributed by atoms with Crippen molar-refractivity contribution >= 4 is 11.9 Å². The molecule has 3 N–H and O–H groups in total. The topological polar surface area (TPSA) is 95.9 Å². The van der Waals surface area contributed by atoms with Crippen molar-refractivity contribution in [1.82, 2.24) is 5.32 Å².